The molecule has 142 valence electrons. The van der Waals surface area contributed by atoms with Gasteiger partial charge in [-0.2, -0.15) is 0 Å². The summed E-state index contributed by atoms with van der Waals surface area (Å²) in [6.45, 7) is 12.1. The molecule has 0 amide bonds. The van der Waals surface area contributed by atoms with Gasteiger partial charge in [0, 0.05) is 4.47 Å². The zero-order valence-electron chi connectivity index (χ0n) is 15.9. The highest BCUT2D eigenvalue weighted by atomic mass is 127. The Morgan fingerprint density at radius 2 is 1.50 bits per heavy atom. The third kappa shape index (κ3) is 7.05. The van der Waals surface area contributed by atoms with E-state index in [1.54, 1.807) is 0 Å². The fourth-order valence-electron chi connectivity index (χ4n) is 2.98. The van der Waals surface area contributed by atoms with Gasteiger partial charge in [-0.3, -0.25) is 0 Å². The van der Waals surface area contributed by atoms with E-state index in [4.69, 9.17) is 4.74 Å². The first-order valence-corrected chi connectivity index (χ1v) is 9.91. The first-order valence-electron chi connectivity index (χ1n) is 9.12. The molecular formula is C22H29BrINO. The molecule has 0 saturated carbocycles. The average molecular weight is 530 g/mol. The van der Waals surface area contributed by atoms with Gasteiger partial charge in [0.2, 0.25) is 0 Å². The third-order valence-electron chi connectivity index (χ3n) is 5.04. The Balaban J connectivity index is 0.00000338. The van der Waals surface area contributed by atoms with Crippen LogP contribution in [0.1, 0.15) is 31.9 Å². The zero-order valence-corrected chi connectivity index (χ0v) is 19.7. The van der Waals surface area contributed by atoms with Crippen LogP contribution >= 0.6 is 15.9 Å². The Labute approximate surface area is 184 Å². The molecule has 0 saturated heterocycles. The van der Waals surface area contributed by atoms with Crippen molar-refractivity contribution in [1.82, 2.24) is 0 Å². The zero-order chi connectivity index (χ0) is 18.1. The van der Waals surface area contributed by atoms with Gasteiger partial charge in [-0.25, -0.2) is 0 Å². The largest absolute Gasteiger partial charge is 1.00 e. The van der Waals surface area contributed by atoms with Crippen LogP contribution in [0.5, 0.6) is 5.75 Å². The SMILES string of the molecule is CC[N+](CC)(CC)CCOc1ccc(/C=C/c2cccc(Br)c2)cc1.[I-]. The molecule has 0 unspecified atom stereocenters. The molecule has 26 heavy (non-hydrogen) atoms. The summed E-state index contributed by atoms with van der Waals surface area (Å²) in [5, 5.41) is 0. The lowest BCUT2D eigenvalue weighted by molar-refractivity contribution is -0.923. The van der Waals surface area contributed by atoms with Crippen LogP contribution in [-0.2, 0) is 0 Å². The van der Waals surface area contributed by atoms with E-state index in [-0.39, 0.29) is 24.0 Å². The van der Waals surface area contributed by atoms with Crippen LogP contribution in [0, 0.1) is 0 Å². The highest BCUT2D eigenvalue weighted by molar-refractivity contribution is 9.10. The Bertz CT molecular complexity index is 673. The van der Waals surface area contributed by atoms with Crippen molar-refractivity contribution in [1.29, 1.82) is 0 Å². The molecule has 0 aliphatic heterocycles. The van der Waals surface area contributed by atoms with Crippen molar-refractivity contribution in [3.05, 3.63) is 64.1 Å². The summed E-state index contributed by atoms with van der Waals surface area (Å²) in [7, 11) is 0. The number of likely N-dealkylation sites (N-methyl/N-ethyl adjacent to an activating group) is 1. The molecule has 0 aliphatic rings. The van der Waals surface area contributed by atoms with Crippen molar-refractivity contribution in [3.8, 4) is 5.75 Å². The lowest BCUT2D eigenvalue weighted by atomic mass is 10.1. The van der Waals surface area contributed by atoms with E-state index in [0.717, 1.165) is 47.5 Å². The summed E-state index contributed by atoms with van der Waals surface area (Å²) in [6, 6.07) is 16.6. The van der Waals surface area contributed by atoms with E-state index in [2.05, 4.69) is 85.3 Å². The summed E-state index contributed by atoms with van der Waals surface area (Å²) in [5.41, 5.74) is 2.36. The second kappa shape index (κ2) is 11.8. The van der Waals surface area contributed by atoms with Crippen molar-refractivity contribution >= 4 is 28.1 Å². The van der Waals surface area contributed by atoms with Crippen LogP contribution < -0.4 is 28.7 Å². The standard InChI is InChI=1S/C22H29BrNO.HI/c1-4-24(5-2,6-3)16-17-25-22-14-12-19(13-15-22)10-11-20-8-7-9-21(23)18-20;/h7-15,18H,4-6,16-17H2,1-3H3;1H/q+1;/p-1/b11-10+;. The van der Waals surface area contributed by atoms with Crippen LogP contribution in [-0.4, -0.2) is 37.3 Å². The van der Waals surface area contributed by atoms with E-state index in [9.17, 15) is 0 Å². The van der Waals surface area contributed by atoms with Gasteiger partial charge < -0.3 is 33.2 Å². The molecular weight excluding hydrogens is 501 g/mol. The predicted molar refractivity (Wildman–Crippen MR) is 112 cm³/mol. The summed E-state index contributed by atoms with van der Waals surface area (Å²) in [6.07, 6.45) is 4.24. The Hall–Kier alpha value is -0.850. The molecule has 0 aliphatic carbocycles. The number of quaternary nitrogens is 1. The first-order chi connectivity index (χ1) is 12.1. The fraction of sp³-hybridized carbons (Fsp3) is 0.364. The number of benzene rings is 2. The summed E-state index contributed by atoms with van der Waals surface area (Å²) in [5.74, 6) is 0.945. The molecule has 0 N–H and O–H groups in total. The predicted octanol–water partition coefficient (Wildman–Crippen LogP) is 2.88. The number of ether oxygens (including phenoxy) is 1. The topological polar surface area (TPSA) is 9.23 Å². The van der Waals surface area contributed by atoms with Crippen molar-refractivity contribution in [2.75, 3.05) is 32.8 Å². The van der Waals surface area contributed by atoms with Crippen LogP contribution in [0.4, 0.5) is 0 Å². The smallest absolute Gasteiger partial charge is 0.137 e. The molecule has 4 heteroatoms. The number of halogens is 2. The molecule has 0 spiro atoms. The van der Waals surface area contributed by atoms with E-state index >= 15 is 0 Å². The average Bonchev–Trinajstić information content (AvgIpc) is 2.65. The van der Waals surface area contributed by atoms with Crippen LogP contribution in [0.25, 0.3) is 12.2 Å². The minimum Gasteiger partial charge on any atom is -1.00 e. The summed E-state index contributed by atoms with van der Waals surface area (Å²) < 4.78 is 8.17. The van der Waals surface area contributed by atoms with Crippen LogP contribution in [0.2, 0.25) is 0 Å². The van der Waals surface area contributed by atoms with Crippen LogP contribution in [0.3, 0.4) is 0 Å². The van der Waals surface area contributed by atoms with Crippen molar-refractivity contribution in [2.24, 2.45) is 0 Å². The third-order valence-corrected chi connectivity index (χ3v) is 5.54. The maximum atomic E-state index is 5.95. The minimum absolute atomic E-state index is 0. The number of rotatable bonds is 9. The number of hydrogen-bond acceptors (Lipinski definition) is 1. The molecule has 0 bridgehead atoms. The van der Waals surface area contributed by atoms with Gasteiger partial charge in [0.1, 0.15) is 18.9 Å². The quantitative estimate of drug-likeness (QED) is 0.276. The van der Waals surface area contributed by atoms with Crippen molar-refractivity contribution in [2.45, 2.75) is 20.8 Å². The molecule has 2 rings (SSSR count). The van der Waals surface area contributed by atoms with Gasteiger partial charge in [0.25, 0.3) is 0 Å². The van der Waals surface area contributed by atoms with Crippen molar-refractivity contribution in [3.63, 3.8) is 0 Å². The fourth-order valence-corrected chi connectivity index (χ4v) is 3.40. The first kappa shape index (κ1) is 23.2. The van der Waals surface area contributed by atoms with Gasteiger partial charge >= 0.3 is 0 Å². The molecule has 2 nitrogen and oxygen atoms in total. The van der Waals surface area contributed by atoms with Gasteiger partial charge in [-0.05, 0) is 56.2 Å². The van der Waals surface area contributed by atoms with Gasteiger partial charge in [-0.1, -0.05) is 52.3 Å². The Morgan fingerprint density at radius 3 is 2.08 bits per heavy atom. The van der Waals surface area contributed by atoms with Crippen molar-refractivity contribution < 1.29 is 33.2 Å². The lowest BCUT2D eigenvalue weighted by Gasteiger charge is -2.35. The van der Waals surface area contributed by atoms with Gasteiger partial charge in [-0.15, -0.1) is 0 Å². The molecule has 2 aromatic carbocycles. The second-order valence-electron chi connectivity index (χ2n) is 6.32. The molecule has 0 aromatic heterocycles. The molecule has 0 fully saturated rings. The number of nitrogens with zero attached hydrogens (tertiary/aromatic N) is 1. The van der Waals surface area contributed by atoms with E-state index in [0.29, 0.717) is 0 Å². The van der Waals surface area contributed by atoms with Gasteiger partial charge in [0.15, 0.2) is 0 Å². The minimum atomic E-state index is 0. The molecule has 0 heterocycles. The molecule has 0 radical (unpaired) electrons. The van der Waals surface area contributed by atoms with E-state index in [1.165, 1.54) is 11.1 Å². The maximum Gasteiger partial charge on any atom is 0.137 e. The normalized spacial score (nSPS) is 11.4. The highest BCUT2D eigenvalue weighted by Crippen LogP contribution is 2.17. The maximum absolute atomic E-state index is 5.95. The van der Waals surface area contributed by atoms with E-state index < -0.39 is 0 Å². The Morgan fingerprint density at radius 1 is 0.885 bits per heavy atom. The number of hydrogen-bond donors (Lipinski definition) is 0. The Kier molecular flexibility index (Phi) is 10.5. The monoisotopic (exact) mass is 529 g/mol. The lowest BCUT2D eigenvalue weighted by Crippen LogP contribution is -3.00. The highest BCUT2D eigenvalue weighted by Gasteiger charge is 2.20. The van der Waals surface area contributed by atoms with Gasteiger partial charge in [0.05, 0.1) is 19.6 Å². The van der Waals surface area contributed by atoms with E-state index in [1.807, 2.05) is 12.1 Å². The summed E-state index contributed by atoms with van der Waals surface area (Å²) in [4.78, 5) is 0. The summed E-state index contributed by atoms with van der Waals surface area (Å²) >= 11 is 3.50. The molecule has 0 atom stereocenters. The second-order valence-corrected chi connectivity index (χ2v) is 7.24. The van der Waals surface area contributed by atoms with Crippen LogP contribution in [0.15, 0.2) is 53.0 Å². The molecule has 2 aromatic rings.